The van der Waals surface area contributed by atoms with Crippen molar-refractivity contribution in [2.24, 2.45) is 5.73 Å². The van der Waals surface area contributed by atoms with Gasteiger partial charge < -0.3 is 16.0 Å². The molecule has 1 aliphatic rings. The fraction of sp³-hybridized carbons (Fsp3) is 0.462. The van der Waals surface area contributed by atoms with Gasteiger partial charge in [0.1, 0.15) is 5.82 Å². The number of nitrogens with zero attached hydrogens (tertiary/aromatic N) is 1. The van der Waals surface area contributed by atoms with Gasteiger partial charge in [-0.25, -0.2) is 9.18 Å². The van der Waals surface area contributed by atoms with Crippen LogP contribution in [0.5, 0.6) is 0 Å². The summed E-state index contributed by atoms with van der Waals surface area (Å²) in [5.41, 5.74) is 5.72. The summed E-state index contributed by atoms with van der Waals surface area (Å²) < 4.78 is 14.6. The van der Waals surface area contributed by atoms with E-state index in [1.54, 1.807) is 17.0 Å². The lowest BCUT2D eigenvalue weighted by molar-refractivity contribution is 0.163. The van der Waals surface area contributed by atoms with Crippen LogP contribution in [0.25, 0.3) is 0 Å². The van der Waals surface area contributed by atoms with Crippen molar-refractivity contribution in [1.82, 2.24) is 10.2 Å². The number of hydrogen-bond donors (Lipinski definition) is 2. The lowest BCUT2D eigenvalue weighted by Crippen LogP contribution is -2.50. The third-order valence-electron chi connectivity index (χ3n) is 3.47. The molecule has 1 saturated heterocycles. The molecule has 0 saturated carbocycles. The van der Waals surface area contributed by atoms with Gasteiger partial charge in [0.25, 0.3) is 0 Å². The van der Waals surface area contributed by atoms with Gasteiger partial charge in [0.2, 0.25) is 0 Å². The second kappa shape index (κ2) is 5.09. The number of halogens is 2. The summed E-state index contributed by atoms with van der Waals surface area (Å²) in [4.78, 5) is 13.6. The van der Waals surface area contributed by atoms with Crippen LogP contribution in [-0.4, -0.2) is 29.6 Å². The van der Waals surface area contributed by atoms with Gasteiger partial charge >= 0.3 is 6.03 Å². The standard InChI is InChI=1S/C13H17BrFN3O/c1-13(2,7-16)18-6-11(17-12(18)19)9-5-8(14)3-4-10(9)15/h3-5,11H,6-7,16H2,1-2H3,(H,17,19). The molecular weight excluding hydrogens is 313 g/mol. The summed E-state index contributed by atoms with van der Waals surface area (Å²) in [7, 11) is 0. The molecule has 6 heteroatoms. The zero-order valence-corrected chi connectivity index (χ0v) is 12.5. The van der Waals surface area contributed by atoms with Crippen molar-refractivity contribution in [3.8, 4) is 0 Å². The molecule has 19 heavy (non-hydrogen) atoms. The maximum atomic E-state index is 13.8. The Morgan fingerprint density at radius 3 is 2.89 bits per heavy atom. The van der Waals surface area contributed by atoms with Gasteiger partial charge in [0, 0.05) is 23.1 Å². The minimum atomic E-state index is -0.443. The fourth-order valence-corrected chi connectivity index (χ4v) is 2.51. The Morgan fingerprint density at radius 2 is 2.26 bits per heavy atom. The lowest BCUT2D eigenvalue weighted by Gasteiger charge is -2.33. The lowest BCUT2D eigenvalue weighted by atomic mass is 10.0. The first kappa shape index (κ1) is 14.3. The number of nitrogens with one attached hydrogen (secondary N) is 1. The number of benzene rings is 1. The van der Waals surface area contributed by atoms with Gasteiger partial charge in [0.05, 0.1) is 11.6 Å². The third-order valence-corrected chi connectivity index (χ3v) is 3.96. The van der Waals surface area contributed by atoms with E-state index in [1.165, 1.54) is 6.07 Å². The number of amides is 2. The molecule has 4 nitrogen and oxygen atoms in total. The minimum absolute atomic E-state index is 0.208. The molecule has 0 aliphatic carbocycles. The van der Waals surface area contributed by atoms with Gasteiger partial charge in [-0.05, 0) is 32.0 Å². The highest BCUT2D eigenvalue weighted by Crippen LogP contribution is 2.29. The summed E-state index contributed by atoms with van der Waals surface area (Å²) in [6.45, 7) is 4.56. The van der Waals surface area contributed by atoms with Crippen molar-refractivity contribution >= 4 is 22.0 Å². The highest BCUT2D eigenvalue weighted by molar-refractivity contribution is 9.10. The molecule has 1 aromatic carbocycles. The molecule has 1 heterocycles. The molecule has 1 atom stereocenters. The molecule has 2 rings (SSSR count). The van der Waals surface area contributed by atoms with Crippen LogP contribution >= 0.6 is 15.9 Å². The molecule has 104 valence electrons. The maximum Gasteiger partial charge on any atom is 0.318 e. The highest BCUT2D eigenvalue weighted by Gasteiger charge is 2.39. The maximum absolute atomic E-state index is 13.8. The molecule has 1 unspecified atom stereocenters. The predicted octanol–water partition coefficient (Wildman–Crippen LogP) is 2.39. The molecular formula is C13H17BrFN3O. The fourth-order valence-electron chi connectivity index (χ4n) is 2.13. The van der Waals surface area contributed by atoms with Crippen LogP contribution in [-0.2, 0) is 0 Å². The molecule has 0 spiro atoms. The number of carbonyl (C=O) groups is 1. The minimum Gasteiger partial charge on any atom is -0.329 e. The van der Waals surface area contributed by atoms with Crippen LogP contribution in [0.3, 0.4) is 0 Å². The van der Waals surface area contributed by atoms with Crippen LogP contribution in [0.1, 0.15) is 25.5 Å². The first-order valence-corrected chi connectivity index (χ1v) is 6.87. The Labute approximate surface area is 120 Å². The highest BCUT2D eigenvalue weighted by atomic mass is 79.9. The smallest absolute Gasteiger partial charge is 0.318 e. The summed E-state index contributed by atoms with van der Waals surface area (Å²) in [5.74, 6) is -0.319. The number of rotatable bonds is 3. The molecule has 0 aromatic heterocycles. The first-order valence-electron chi connectivity index (χ1n) is 6.08. The average molecular weight is 330 g/mol. The summed E-state index contributed by atoms with van der Waals surface area (Å²) in [6.07, 6.45) is 0. The Balaban J connectivity index is 2.26. The van der Waals surface area contributed by atoms with Crippen molar-refractivity contribution in [3.63, 3.8) is 0 Å². The van der Waals surface area contributed by atoms with E-state index in [1.807, 2.05) is 13.8 Å². The number of nitrogens with two attached hydrogens (primary N) is 1. The summed E-state index contributed by atoms with van der Waals surface area (Å²) >= 11 is 3.31. The van der Waals surface area contributed by atoms with Gasteiger partial charge in [-0.2, -0.15) is 0 Å². The van der Waals surface area contributed by atoms with E-state index < -0.39 is 5.54 Å². The molecule has 0 radical (unpaired) electrons. The van der Waals surface area contributed by atoms with E-state index in [0.29, 0.717) is 18.7 Å². The molecule has 1 aliphatic heterocycles. The van der Waals surface area contributed by atoms with E-state index in [4.69, 9.17) is 5.73 Å². The largest absolute Gasteiger partial charge is 0.329 e. The van der Waals surface area contributed by atoms with Gasteiger partial charge in [-0.3, -0.25) is 0 Å². The van der Waals surface area contributed by atoms with Crippen LogP contribution in [0, 0.1) is 5.82 Å². The van der Waals surface area contributed by atoms with Crippen LogP contribution < -0.4 is 11.1 Å². The predicted molar refractivity (Wildman–Crippen MR) is 75.2 cm³/mol. The number of urea groups is 1. The zero-order valence-electron chi connectivity index (χ0n) is 10.9. The van der Waals surface area contributed by atoms with Gasteiger partial charge in [0.15, 0.2) is 0 Å². The van der Waals surface area contributed by atoms with E-state index in [9.17, 15) is 9.18 Å². The van der Waals surface area contributed by atoms with E-state index >= 15 is 0 Å². The van der Waals surface area contributed by atoms with Crippen LogP contribution in [0.15, 0.2) is 22.7 Å². The Bertz CT molecular complexity index is 507. The third kappa shape index (κ3) is 2.74. The zero-order chi connectivity index (χ0) is 14.2. The number of hydrogen-bond acceptors (Lipinski definition) is 2. The SMILES string of the molecule is CC(C)(CN)N1CC(c2cc(Br)ccc2F)NC1=O. The molecule has 0 bridgehead atoms. The van der Waals surface area contributed by atoms with E-state index in [2.05, 4.69) is 21.2 Å². The summed E-state index contributed by atoms with van der Waals surface area (Å²) in [5, 5.41) is 2.80. The van der Waals surface area contributed by atoms with Gasteiger partial charge in [-0.1, -0.05) is 15.9 Å². The van der Waals surface area contributed by atoms with E-state index in [-0.39, 0.29) is 17.9 Å². The Kier molecular flexibility index (Phi) is 3.82. The monoisotopic (exact) mass is 329 g/mol. The second-order valence-electron chi connectivity index (χ2n) is 5.30. The second-order valence-corrected chi connectivity index (χ2v) is 6.21. The van der Waals surface area contributed by atoms with Crippen molar-refractivity contribution in [3.05, 3.63) is 34.1 Å². The molecule has 3 N–H and O–H groups in total. The Hall–Kier alpha value is -1.14. The molecule has 2 amide bonds. The van der Waals surface area contributed by atoms with Gasteiger partial charge in [-0.15, -0.1) is 0 Å². The van der Waals surface area contributed by atoms with Crippen LogP contribution in [0.2, 0.25) is 0 Å². The topological polar surface area (TPSA) is 58.4 Å². The van der Waals surface area contributed by atoms with Crippen molar-refractivity contribution in [1.29, 1.82) is 0 Å². The van der Waals surface area contributed by atoms with Crippen molar-refractivity contribution < 1.29 is 9.18 Å². The molecule has 1 fully saturated rings. The van der Waals surface area contributed by atoms with E-state index in [0.717, 1.165) is 4.47 Å². The number of carbonyl (C=O) groups excluding carboxylic acids is 1. The quantitative estimate of drug-likeness (QED) is 0.894. The van der Waals surface area contributed by atoms with Crippen molar-refractivity contribution in [2.45, 2.75) is 25.4 Å². The van der Waals surface area contributed by atoms with Crippen molar-refractivity contribution in [2.75, 3.05) is 13.1 Å². The Morgan fingerprint density at radius 1 is 1.58 bits per heavy atom. The average Bonchev–Trinajstić information content (AvgIpc) is 2.75. The normalized spacial score (nSPS) is 19.7. The van der Waals surface area contributed by atoms with Crippen LogP contribution in [0.4, 0.5) is 9.18 Å². The molecule has 1 aromatic rings. The first-order chi connectivity index (χ1) is 8.85. The summed E-state index contributed by atoms with van der Waals surface area (Å²) in [6, 6.07) is 4.16.